The average molecular weight is 253 g/mol. The summed E-state index contributed by atoms with van der Waals surface area (Å²) in [6.45, 7) is 1.75. The fourth-order valence-corrected chi connectivity index (χ4v) is 2.08. The fraction of sp³-hybridized carbons (Fsp3) is 0.125. The van der Waals surface area contributed by atoms with Crippen molar-refractivity contribution >= 4 is 28.2 Å². The third-order valence-corrected chi connectivity index (χ3v) is 2.83. The minimum Gasteiger partial charge on any atom is -0.478 e. The first-order valence-corrected chi connectivity index (χ1v) is 5.28. The van der Waals surface area contributed by atoms with Gasteiger partial charge in [0.15, 0.2) is 0 Å². The number of aromatic nitrogens is 4. The van der Waals surface area contributed by atoms with Gasteiger partial charge in [-0.2, -0.15) is 5.21 Å². The molecule has 0 radical (unpaired) electrons. The highest BCUT2D eigenvalue weighted by atomic mass is 32.1. The van der Waals surface area contributed by atoms with Crippen LogP contribution in [-0.2, 0) is 0 Å². The van der Waals surface area contributed by atoms with Crippen LogP contribution in [0.3, 0.4) is 0 Å². The number of nitrogens with zero attached hydrogens (tertiary/aromatic N) is 3. The molecule has 0 fully saturated rings. The number of hydrogen-bond acceptors (Lipinski definition) is 6. The van der Waals surface area contributed by atoms with Gasteiger partial charge in [-0.15, -0.1) is 21.5 Å². The topological polar surface area (TPSA) is 121 Å². The number of carboxylic acid groups (broad SMARTS) is 1. The van der Waals surface area contributed by atoms with Gasteiger partial charge in [0, 0.05) is 4.88 Å². The van der Waals surface area contributed by atoms with Crippen LogP contribution >= 0.6 is 11.3 Å². The molecule has 8 nitrogen and oxygen atoms in total. The lowest BCUT2D eigenvalue weighted by molar-refractivity contribution is 0.0698. The summed E-state index contributed by atoms with van der Waals surface area (Å²) in [5.41, 5.74) is 0.0457. The van der Waals surface area contributed by atoms with Crippen LogP contribution in [-0.4, -0.2) is 37.6 Å². The molecule has 88 valence electrons. The van der Waals surface area contributed by atoms with Crippen molar-refractivity contribution in [3.63, 3.8) is 0 Å². The molecule has 2 heterocycles. The number of aromatic carboxylic acids is 1. The second-order valence-electron chi connectivity index (χ2n) is 3.09. The molecule has 0 saturated carbocycles. The Hall–Kier alpha value is -2.29. The summed E-state index contributed by atoms with van der Waals surface area (Å²) in [7, 11) is 0. The highest BCUT2D eigenvalue weighted by Crippen LogP contribution is 2.27. The van der Waals surface area contributed by atoms with Crippen molar-refractivity contribution in [3.8, 4) is 0 Å². The molecule has 0 spiro atoms. The number of thiophene rings is 1. The van der Waals surface area contributed by atoms with Gasteiger partial charge in [-0.05, 0) is 18.2 Å². The second kappa shape index (κ2) is 4.29. The van der Waals surface area contributed by atoms with Gasteiger partial charge in [-0.3, -0.25) is 4.79 Å². The first kappa shape index (κ1) is 11.2. The van der Waals surface area contributed by atoms with E-state index in [1.54, 1.807) is 6.92 Å². The zero-order chi connectivity index (χ0) is 12.4. The Morgan fingerprint density at radius 1 is 1.53 bits per heavy atom. The van der Waals surface area contributed by atoms with E-state index in [2.05, 4.69) is 25.9 Å². The van der Waals surface area contributed by atoms with Crippen molar-refractivity contribution in [1.82, 2.24) is 20.6 Å². The Balaban J connectivity index is 2.24. The van der Waals surface area contributed by atoms with Crippen LogP contribution < -0.4 is 5.32 Å². The zero-order valence-electron chi connectivity index (χ0n) is 8.59. The fourth-order valence-electron chi connectivity index (χ4n) is 1.18. The molecule has 0 atom stereocenters. The number of hydrogen-bond donors (Lipinski definition) is 3. The van der Waals surface area contributed by atoms with E-state index < -0.39 is 11.9 Å². The maximum atomic E-state index is 11.6. The molecule has 0 saturated heterocycles. The van der Waals surface area contributed by atoms with Crippen LogP contribution in [0.4, 0.5) is 5.00 Å². The maximum absolute atomic E-state index is 11.6. The van der Waals surface area contributed by atoms with E-state index in [0.29, 0.717) is 0 Å². The number of rotatable bonds is 3. The van der Waals surface area contributed by atoms with E-state index in [1.807, 2.05) is 0 Å². The van der Waals surface area contributed by atoms with Gasteiger partial charge in [-0.25, -0.2) is 4.79 Å². The number of carbonyl (C=O) groups is 2. The summed E-state index contributed by atoms with van der Waals surface area (Å²) in [6, 6.07) is 1.48. The summed E-state index contributed by atoms with van der Waals surface area (Å²) in [4.78, 5) is 23.3. The molecule has 2 aromatic heterocycles. The third kappa shape index (κ3) is 2.28. The lowest BCUT2D eigenvalue weighted by atomic mass is 10.3. The van der Waals surface area contributed by atoms with Crippen molar-refractivity contribution in [2.24, 2.45) is 0 Å². The standard InChI is InChI=1S/C8H7N5O3S/c1-3-2-4(8(15)16)7(17-3)9-6(14)5-10-12-13-11-5/h2H,1H3,(H,9,14)(H,15,16)(H,10,11,12,13). The third-order valence-electron chi connectivity index (χ3n) is 1.86. The van der Waals surface area contributed by atoms with Crippen LogP contribution in [0.15, 0.2) is 6.07 Å². The van der Waals surface area contributed by atoms with Gasteiger partial charge >= 0.3 is 5.97 Å². The summed E-state index contributed by atoms with van der Waals surface area (Å²) >= 11 is 1.17. The number of H-pyrrole nitrogens is 1. The first-order chi connectivity index (χ1) is 8.08. The van der Waals surface area contributed by atoms with Crippen molar-refractivity contribution in [2.75, 3.05) is 5.32 Å². The summed E-state index contributed by atoms with van der Waals surface area (Å²) in [5.74, 6) is -1.85. The summed E-state index contributed by atoms with van der Waals surface area (Å²) in [6.07, 6.45) is 0. The second-order valence-corrected chi connectivity index (χ2v) is 4.35. The Kier molecular flexibility index (Phi) is 2.83. The molecule has 0 aromatic carbocycles. The molecule has 17 heavy (non-hydrogen) atoms. The van der Waals surface area contributed by atoms with Crippen LogP contribution in [0.1, 0.15) is 25.9 Å². The average Bonchev–Trinajstić information content (AvgIpc) is 2.86. The molecular weight excluding hydrogens is 246 g/mol. The maximum Gasteiger partial charge on any atom is 0.338 e. The highest BCUT2D eigenvalue weighted by Gasteiger charge is 2.18. The quantitative estimate of drug-likeness (QED) is 0.733. The van der Waals surface area contributed by atoms with Crippen LogP contribution in [0, 0.1) is 6.92 Å². The Bertz CT molecular complexity index is 562. The van der Waals surface area contributed by atoms with Gasteiger partial charge in [0.25, 0.3) is 11.7 Å². The number of aryl methyl sites for hydroxylation is 1. The number of aromatic amines is 1. The van der Waals surface area contributed by atoms with E-state index >= 15 is 0 Å². The number of nitrogens with one attached hydrogen (secondary N) is 2. The molecule has 0 aliphatic heterocycles. The Morgan fingerprint density at radius 2 is 2.29 bits per heavy atom. The van der Waals surface area contributed by atoms with Gasteiger partial charge < -0.3 is 10.4 Å². The van der Waals surface area contributed by atoms with Crippen molar-refractivity contribution in [2.45, 2.75) is 6.92 Å². The number of carboxylic acids is 1. The monoisotopic (exact) mass is 253 g/mol. The SMILES string of the molecule is Cc1cc(C(=O)O)c(NC(=O)c2nn[nH]n2)s1. The normalized spacial score (nSPS) is 10.2. The van der Waals surface area contributed by atoms with Crippen molar-refractivity contribution in [1.29, 1.82) is 0 Å². The molecule has 0 aliphatic carbocycles. The summed E-state index contributed by atoms with van der Waals surface area (Å²) < 4.78 is 0. The highest BCUT2D eigenvalue weighted by molar-refractivity contribution is 7.16. The van der Waals surface area contributed by atoms with E-state index in [9.17, 15) is 9.59 Å². The Labute approximate surface area is 98.7 Å². The first-order valence-electron chi connectivity index (χ1n) is 4.46. The molecule has 0 aliphatic rings. The molecule has 2 aromatic rings. The lowest BCUT2D eigenvalue weighted by Crippen LogP contribution is -2.14. The van der Waals surface area contributed by atoms with E-state index in [4.69, 9.17) is 5.11 Å². The van der Waals surface area contributed by atoms with Crippen LogP contribution in [0.5, 0.6) is 0 Å². The molecule has 0 unspecified atom stereocenters. The number of anilines is 1. The lowest BCUT2D eigenvalue weighted by Gasteiger charge is -1.99. The largest absolute Gasteiger partial charge is 0.478 e. The summed E-state index contributed by atoms with van der Waals surface area (Å²) in [5, 5.41) is 24.0. The predicted molar refractivity (Wildman–Crippen MR) is 58.1 cm³/mol. The van der Waals surface area contributed by atoms with Gasteiger partial charge in [0.05, 0.1) is 5.56 Å². The van der Waals surface area contributed by atoms with Crippen LogP contribution in [0.2, 0.25) is 0 Å². The molecule has 2 rings (SSSR count). The van der Waals surface area contributed by atoms with Gasteiger partial charge in [-0.1, -0.05) is 0 Å². The molecule has 1 amide bonds. The predicted octanol–water partition coefficient (Wildman–Crippen LogP) is 0.520. The molecule has 9 heteroatoms. The van der Waals surface area contributed by atoms with Gasteiger partial charge in [0.2, 0.25) is 0 Å². The minimum atomic E-state index is -1.10. The van der Waals surface area contributed by atoms with Crippen molar-refractivity contribution < 1.29 is 14.7 Å². The number of tetrazole rings is 1. The van der Waals surface area contributed by atoms with E-state index in [0.717, 1.165) is 4.88 Å². The smallest absolute Gasteiger partial charge is 0.338 e. The Morgan fingerprint density at radius 3 is 2.88 bits per heavy atom. The van der Waals surface area contributed by atoms with Crippen LogP contribution in [0.25, 0.3) is 0 Å². The molecular formula is C8H7N5O3S. The molecule has 3 N–H and O–H groups in total. The van der Waals surface area contributed by atoms with E-state index in [-0.39, 0.29) is 16.4 Å². The molecule has 0 bridgehead atoms. The minimum absolute atomic E-state index is 0.0457. The zero-order valence-corrected chi connectivity index (χ0v) is 9.41. The van der Waals surface area contributed by atoms with E-state index in [1.165, 1.54) is 17.4 Å². The van der Waals surface area contributed by atoms with Gasteiger partial charge in [0.1, 0.15) is 5.00 Å². The number of carbonyl (C=O) groups excluding carboxylic acids is 1. The number of amides is 1. The van der Waals surface area contributed by atoms with Crippen molar-refractivity contribution in [3.05, 3.63) is 22.3 Å².